The molecule has 1 aromatic heterocycles. The maximum absolute atomic E-state index is 14.1. The molecule has 0 bridgehead atoms. The number of aryl methyl sites for hydroxylation is 2. The number of amides is 1. The molecule has 4 N–H and O–H groups in total. The predicted octanol–water partition coefficient (Wildman–Crippen LogP) is 9.82. The summed E-state index contributed by atoms with van der Waals surface area (Å²) in [7, 11) is -3.42. The molecule has 4 rings (SSSR count). The van der Waals surface area contributed by atoms with Gasteiger partial charge in [-0.3, -0.25) is 9.52 Å². The van der Waals surface area contributed by atoms with Crippen LogP contribution in [0.5, 0.6) is 5.75 Å². The van der Waals surface area contributed by atoms with E-state index in [0.29, 0.717) is 24.3 Å². The van der Waals surface area contributed by atoms with Gasteiger partial charge in [-0.1, -0.05) is 105 Å². The number of benzene rings is 2. The minimum atomic E-state index is -3.42. The molecule has 0 saturated heterocycles. The van der Waals surface area contributed by atoms with Crippen molar-refractivity contribution in [1.82, 2.24) is 15.2 Å². The fourth-order valence-corrected chi connectivity index (χ4v) is 8.12. The molecule has 2 heterocycles. The van der Waals surface area contributed by atoms with Crippen LogP contribution in [0.3, 0.4) is 0 Å². The van der Waals surface area contributed by atoms with Gasteiger partial charge in [-0.2, -0.15) is 5.10 Å². The number of nitrogens with one attached hydrogen (secondary N) is 4. The molecule has 0 radical (unpaired) electrons. The summed E-state index contributed by atoms with van der Waals surface area (Å²) in [5.41, 5.74) is 13.0. The van der Waals surface area contributed by atoms with Crippen LogP contribution in [0.4, 0.5) is 17.2 Å². The van der Waals surface area contributed by atoms with Gasteiger partial charge in [0.1, 0.15) is 17.7 Å². The third-order valence-electron chi connectivity index (χ3n) is 9.92. The number of rotatable bonds is 21. The van der Waals surface area contributed by atoms with Crippen molar-refractivity contribution in [3.63, 3.8) is 0 Å². The van der Waals surface area contributed by atoms with Gasteiger partial charge in [-0.05, 0) is 81.0 Å². The monoisotopic (exact) mass is 736 g/mol. The van der Waals surface area contributed by atoms with Gasteiger partial charge in [0, 0.05) is 28.4 Å². The number of nitrogens with zero attached hydrogens (tertiary/aromatic N) is 2. The Labute approximate surface area is 313 Å². The van der Waals surface area contributed by atoms with E-state index in [0.717, 1.165) is 65.1 Å². The molecular formula is C41H64N6O4S. The van der Waals surface area contributed by atoms with Crippen LogP contribution in [-0.2, 0) is 20.2 Å². The highest BCUT2D eigenvalue weighted by atomic mass is 32.2. The fraction of sp³-hybridized carbons (Fsp3) is 0.610. The average molecular weight is 737 g/mol. The van der Waals surface area contributed by atoms with Gasteiger partial charge < -0.3 is 15.5 Å². The first kappa shape index (κ1) is 41.2. The number of carbonyl (C=O) groups excluding carboxylic acids is 1. The lowest BCUT2D eigenvalue weighted by Crippen LogP contribution is -2.34. The summed E-state index contributed by atoms with van der Waals surface area (Å²) >= 11 is 0. The largest absolute Gasteiger partial charge is 0.481 e. The topological polar surface area (TPSA) is 126 Å². The fourth-order valence-electron chi connectivity index (χ4n) is 6.86. The van der Waals surface area contributed by atoms with E-state index >= 15 is 0 Å². The molecule has 1 aliphatic rings. The average Bonchev–Trinajstić information content (AvgIpc) is 3.69. The number of carbonyl (C=O) groups is 1. The zero-order chi connectivity index (χ0) is 37.9. The molecule has 1 amide bonds. The van der Waals surface area contributed by atoms with Gasteiger partial charge in [-0.25, -0.2) is 18.5 Å². The molecule has 0 fully saturated rings. The van der Waals surface area contributed by atoms with Crippen LogP contribution in [0.25, 0.3) is 0 Å². The van der Waals surface area contributed by atoms with E-state index in [-0.39, 0.29) is 23.2 Å². The lowest BCUT2D eigenvalue weighted by atomic mass is 9.92. The zero-order valence-electron chi connectivity index (χ0n) is 33.0. The summed E-state index contributed by atoms with van der Waals surface area (Å²) in [6.45, 7) is 16.8. The summed E-state index contributed by atoms with van der Waals surface area (Å²) in [5, 5.41) is 8.21. The maximum Gasteiger partial charge on any atom is 0.265 e. The third-order valence-corrected chi connectivity index (χ3v) is 11.3. The van der Waals surface area contributed by atoms with Gasteiger partial charge in [-0.15, -0.1) is 0 Å². The first-order valence-corrected chi connectivity index (χ1v) is 21.2. The van der Waals surface area contributed by atoms with Crippen LogP contribution in [0.15, 0.2) is 36.4 Å². The molecule has 3 aromatic rings. The van der Waals surface area contributed by atoms with Crippen molar-refractivity contribution < 1.29 is 17.9 Å². The number of unbranched alkanes of at least 4 members (excludes halogenated alkanes) is 10. The predicted molar refractivity (Wildman–Crippen MR) is 215 cm³/mol. The van der Waals surface area contributed by atoms with Gasteiger partial charge in [0.25, 0.3) is 5.91 Å². The van der Waals surface area contributed by atoms with Crippen LogP contribution >= 0.6 is 0 Å². The Hall–Kier alpha value is -3.57. The number of anilines is 3. The summed E-state index contributed by atoms with van der Waals surface area (Å²) in [4.78, 5) is 14.1. The number of hydrogen-bond acceptors (Lipinski definition) is 7. The maximum atomic E-state index is 14.1. The second-order valence-corrected chi connectivity index (χ2v) is 17.4. The number of hydrazine groups is 1. The number of aromatic nitrogens is 2. The van der Waals surface area contributed by atoms with Crippen LogP contribution in [0.1, 0.15) is 152 Å². The van der Waals surface area contributed by atoms with Crippen molar-refractivity contribution in [3.05, 3.63) is 64.3 Å². The molecule has 0 aliphatic carbocycles. The van der Waals surface area contributed by atoms with E-state index in [1.165, 1.54) is 44.9 Å². The van der Waals surface area contributed by atoms with E-state index in [2.05, 4.69) is 74.6 Å². The Morgan fingerprint density at radius 1 is 0.885 bits per heavy atom. The number of hydrogen-bond donors (Lipinski definition) is 4. The molecular weight excluding hydrogens is 673 g/mol. The molecule has 1 aliphatic heterocycles. The SMILES string of the molecule is CCCCCCCCCCCCC(Oc1ccc(NS(=O)(=O)CCCC)cc1)C(=O)Nc1c(C)cc(C)c(C2NNc3cc(C(C)(C)C)nn32)c1C. The van der Waals surface area contributed by atoms with E-state index in [4.69, 9.17) is 9.84 Å². The first-order valence-electron chi connectivity index (χ1n) is 19.5. The quantitative estimate of drug-likeness (QED) is 0.0803. The Balaban J connectivity index is 1.49. The standard InChI is InChI=1S/C41H64N6O4S/c1-9-11-13-14-15-16-17-18-19-20-21-34(51-33-24-22-32(23-25-33)46-52(49,50)26-12-10-2)40(48)42-38-30(4)27-29(3)37(31(38)5)39-44-43-36-28-35(41(6,7)8)45-47(36)39/h22-25,27-28,34,39,43-44,46H,9-21,26H2,1-8H3,(H,42,48). The number of sulfonamides is 1. The second-order valence-electron chi connectivity index (χ2n) is 15.6. The van der Waals surface area contributed by atoms with E-state index < -0.39 is 16.1 Å². The summed E-state index contributed by atoms with van der Waals surface area (Å²) in [5.74, 6) is 1.30. The van der Waals surface area contributed by atoms with Crippen molar-refractivity contribution in [2.24, 2.45) is 0 Å². The molecule has 11 heteroatoms. The van der Waals surface area contributed by atoms with Crippen LogP contribution in [-0.4, -0.2) is 36.0 Å². The molecule has 10 nitrogen and oxygen atoms in total. The van der Waals surface area contributed by atoms with Gasteiger partial charge in [0.2, 0.25) is 10.0 Å². The highest BCUT2D eigenvalue weighted by Gasteiger charge is 2.32. The van der Waals surface area contributed by atoms with Crippen molar-refractivity contribution in [2.75, 3.05) is 21.2 Å². The minimum Gasteiger partial charge on any atom is -0.481 e. The lowest BCUT2D eigenvalue weighted by Gasteiger charge is -2.24. The molecule has 288 valence electrons. The van der Waals surface area contributed by atoms with Crippen LogP contribution in [0.2, 0.25) is 0 Å². The molecule has 2 aromatic carbocycles. The van der Waals surface area contributed by atoms with Crippen molar-refractivity contribution >= 4 is 33.1 Å². The Bertz CT molecular complexity index is 1710. The van der Waals surface area contributed by atoms with Gasteiger partial charge in [0.15, 0.2) is 6.10 Å². The summed E-state index contributed by atoms with van der Waals surface area (Å²) in [6, 6.07) is 11.0. The molecule has 0 saturated carbocycles. The van der Waals surface area contributed by atoms with Gasteiger partial charge in [0.05, 0.1) is 11.4 Å². The minimum absolute atomic E-state index is 0.0802. The number of ether oxygens (including phenoxy) is 1. The Kier molecular flexibility index (Phi) is 15.0. The summed E-state index contributed by atoms with van der Waals surface area (Å²) < 4.78 is 35.9. The zero-order valence-corrected chi connectivity index (χ0v) is 33.8. The molecule has 52 heavy (non-hydrogen) atoms. The van der Waals surface area contributed by atoms with Crippen molar-refractivity contribution in [3.8, 4) is 5.75 Å². The van der Waals surface area contributed by atoms with Crippen LogP contribution in [0, 0.1) is 20.8 Å². The Morgan fingerprint density at radius 3 is 2.12 bits per heavy atom. The molecule has 2 atom stereocenters. The van der Waals surface area contributed by atoms with E-state index in [9.17, 15) is 13.2 Å². The molecule has 2 unspecified atom stereocenters. The van der Waals surface area contributed by atoms with E-state index in [1.54, 1.807) is 24.3 Å². The third kappa shape index (κ3) is 11.5. The normalized spacial score (nSPS) is 14.9. The van der Waals surface area contributed by atoms with Crippen LogP contribution < -0.4 is 25.6 Å². The highest BCUT2D eigenvalue weighted by Crippen LogP contribution is 2.37. The molecule has 0 spiro atoms. The van der Waals surface area contributed by atoms with Crippen molar-refractivity contribution in [2.45, 2.75) is 157 Å². The second kappa shape index (κ2) is 19.0. The highest BCUT2D eigenvalue weighted by molar-refractivity contribution is 7.92. The smallest absolute Gasteiger partial charge is 0.265 e. The summed E-state index contributed by atoms with van der Waals surface area (Å²) in [6.07, 6.45) is 13.1. The Morgan fingerprint density at radius 2 is 1.50 bits per heavy atom. The van der Waals surface area contributed by atoms with E-state index in [1.807, 2.05) is 18.5 Å². The lowest BCUT2D eigenvalue weighted by molar-refractivity contribution is -0.123. The number of fused-ring (bicyclic) bond motifs is 1. The van der Waals surface area contributed by atoms with Crippen molar-refractivity contribution in [1.29, 1.82) is 0 Å². The first-order chi connectivity index (χ1) is 24.7. The van der Waals surface area contributed by atoms with Gasteiger partial charge >= 0.3 is 0 Å².